The van der Waals surface area contributed by atoms with E-state index in [2.05, 4.69) is 13.5 Å². The van der Waals surface area contributed by atoms with Crippen LogP contribution in [0, 0.1) is 0 Å². The van der Waals surface area contributed by atoms with E-state index >= 15 is 0 Å². The Kier molecular flexibility index (Phi) is 11.3. The topological polar surface area (TPSA) is 80.7 Å². The Bertz CT molecular complexity index is 389. The van der Waals surface area contributed by atoms with Gasteiger partial charge in [0.05, 0.1) is 0 Å². The van der Waals surface area contributed by atoms with E-state index in [1.165, 1.54) is 32.1 Å². The van der Waals surface area contributed by atoms with E-state index in [1.807, 2.05) is 0 Å². The molecule has 0 aromatic heterocycles. The normalized spacial score (nSPS) is 12.9. The van der Waals surface area contributed by atoms with Gasteiger partial charge in [-0.05, 0) is 12.8 Å². The maximum atomic E-state index is 11.1. The fraction of sp³-hybridized carbons (Fsp3) is 0.800. The largest absolute Gasteiger partial charge is 0.458 e. The second-order valence-electron chi connectivity index (χ2n) is 5.28. The second kappa shape index (κ2) is 11.7. The zero-order valence-electron chi connectivity index (χ0n) is 12.9. The van der Waals surface area contributed by atoms with Crippen LogP contribution in [-0.2, 0) is 19.6 Å². The molecule has 1 unspecified atom stereocenters. The van der Waals surface area contributed by atoms with E-state index in [0.717, 1.165) is 25.3 Å². The molecule has 0 fully saturated rings. The van der Waals surface area contributed by atoms with E-state index in [4.69, 9.17) is 9.29 Å². The third-order valence-electron chi connectivity index (χ3n) is 3.23. The molecule has 1 atom stereocenters. The molecule has 0 aromatic rings. The van der Waals surface area contributed by atoms with Crippen LogP contribution in [0.15, 0.2) is 12.7 Å². The molecule has 0 aliphatic rings. The zero-order chi connectivity index (χ0) is 16.1. The lowest BCUT2D eigenvalue weighted by Gasteiger charge is -2.15. The molecule has 0 aromatic carbocycles. The Labute approximate surface area is 128 Å². The fourth-order valence-corrected chi connectivity index (χ4v) is 2.83. The molecule has 6 heteroatoms. The van der Waals surface area contributed by atoms with Crippen molar-refractivity contribution in [1.82, 2.24) is 0 Å². The molecule has 0 bridgehead atoms. The van der Waals surface area contributed by atoms with Crippen LogP contribution in [0.2, 0.25) is 0 Å². The first-order valence-electron chi connectivity index (χ1n) is 7.67. The summed E-state index contributed by atoms with van der Waals surface area (Å²) < 4.78 is 35.6. The number of unbranched alkanes of at least 4 members (excludes halogenated alkanes) is 7. The summed E-state index contributed by atoms with van der Waals surface area (Å²) in [4.78, 5) is 11.1. The van der Waals surface area contributed by atoms with Crippen LogP contribution in [0.5, 0.6) is 0 Å². The number of rotatable bonds is 13. The summed E-state index contributed by atoms with van der Waals surface area (Å²) in [5, 5.41) is 0. The van der Waals surface area contributed by atoms with Gasteiger partial charge >= 0.3 is 5.97 Å². The van der Waals surface area contributed by atoms with Gasteiger partial charge in [0.15, 0.2) is 0 Å². The molecule has 1 N–H and O–H groups in total. The van der Waals surface area contributed by atoms with Crippen LogP contribution < -0.4 is 0 Å². The van der Waals surface area contributed by atoms with Gasteiger partial charge in [0.1, 0.15) is 11.9 Å². The van der Waals surface area contributed by atoms with E-state index in [0.29, 0.717) is 6.42 Å². The lowest BCUT2D eigenvalue weighted by molar-refractivity contribution is -0.142. The van der Waals surface area contributed by atoms with E-state index in [-0.39, 0.29) is 0 Å². The molecule has 124 valence electrons. The lowest BCUT2D eigenvalue weighted by Crippen LogP contribution is -2.26. The molecule has 0 spiro atoms. The second-order valence-corrected chi connectivity index (χ2v) is 6.77. The van der Waals surface area contributed by atoms with Crippen molar-refractivity contribution in [1.29, 1.82) is 0 Å². The quantitative estimate of drug-likeness (QED) is 0.243. The summed E-state index contributed by atoms with van der Waals surface area (Å²) in [7, 11) is -4.15. The Morgan fingerprint density at radius 1 is 1.14 bits per heavy atom. The summed E-state index contributed by atoms with van der Waals surface area (Å²) >= 11 is 0. The van der Waals surface area contributed by atoms with Gasteiger partial charge in [-0.2, -0.15) is 8.42 Å². The molecular formula is C15H28O5S. The number of esters is 1. The number of ether oxygens (including phenoxy) is 1. The van der Waals surface area contributed by atoms with Gasteiger partial charge in [0.25, 0.3) is 10.1 Å². The summed E-state index contributed by atoms with van der Waals surface area (Å²) in [6.07, 6.45) is 9.64. The highest BCUT2D eigenvalue weighted by Gasteiger charge is 2.19. The van der Waals surface area contributed by atoms with Crippen LogP contribution in [0.3, 0.4) is 0 Å². The van der Waals surface area contributed by atoms with Crippen molar-refractivity contribution in [3.8, 4) is 0 Å². The van der Waals surface area contributed by atoms with Crippen molar-refractivity contribution in [2.45, 2.75) is 70.8 Å². The number of hydrogen-bond donors (Lipinski definition) is 1. The van der Waals surface area contributed by atoms with Crippen LogP contribution in [-0.4, -0.2) is 30.8 Å². The molecule has 5 nitrogen and oxygen atoms in total. The average molecular weight is 320 g/mol. The molecule has 0 amide bonds. The average Bonchev–Trinajstić information content (AvgIpc) is 2.39. The van der Waals surface area contributed by atoms with Gasteiger partial charge in [-0.15, -0.1) is 0 Å². The molecule has 0 heterocycles. The Morgan fingerprint density at radius 2 is 1.67 bits per heavy atom. The predicted molar refractivity (Wildman–Crippen MR) is 83.7 cm³/mol. The summed E-state index contributed by atoms with van der Waals surface area (Å²) in [5.74, 6) is -1.22. The molecule has 0 aliphatic carbocycles. The van der Waals surface area contributed by atoms with Crippen molar-refractivity contribution in [2.75, 3.05) is 5.75 Å². The Balaban J connectivity index is 3.90. The highest BCUT2D eigenvalue weighted by molar-refractivity contribution is 7.85. The van der Waals surface area contributed by atoms with Gasteiger partial charge in [-0.25, -0.2) is 4.79 Å². The van der Waals surface area contributed by atoms with E-state index in [1.54, 1.807) is 0 Å². The smallest absolute Gasteiger partial charge is 0.330 e. The monoisotopic (exact) mass is 320 g/mol. The number of carbonyl (C=O) groups excluding carboxylic acids is 1. The SMILES string of the molecule is C=CC(=O)OC(CCCCCCCCCC)CS(=O)(=O)O. The summed E-state index contributed by atoms with van der Waals surface area (Å²) in [6.45, 7) is 5.45. The Morgan fingerprint density at radius 3 is 2.14 bits per heavy atom. The number of carbonyl (C=O) groups is 1. The first-order chi connectivity index (χ1) is 9.89. The van der Waals surface area contributed by atoms with Gasteiger partial charge in [-0.3, -0.25) is 4.55 Å². The minimum Gasteiger partial charge on any atom is -0.458 e. The maximum Gasteiger partial charge on any atom is 0.330 e. The van der Waals surface area contributed by atoms with Crippen LogP contribution in [0.1, 0.15) is 64.7 Å². The molecular weight excluding hydrogens is 292 g/mol. The number of hydrogen-bond acceptors (Lipinski definition) is 4. The first-order valence-corrected chi connectivity index (χ1v) is 9.28. The molecule has 21 heavy (non-hydrogen) atoms. The van der Waals surface area contributed by atoms with Crippen molar-refractivity contribution >= 4 is 16.1 Å². The molecule has 0 saturated heterocycles. The minimum atomic E-state index is -4.15. The third kappa shape index (κ3) is 13.8. The summed E-state index contributed by atoms with van der Waals surface area (Å²) in [6, 6.07) is 0. The maximum absolute atomic E-state index is 11.1. The Hall–Kier alpha value is -0.880. The van der Waals surface area contributed by atoms with Crippen LogP contribution in [0.4, 0.5) is 0 Å². The summed E-state index contributed by atoms with van der Waals surface area (Å²) in [5.41, 5.74) is 0. The minimum absolute atomic E-state index is 0.439. The van der Waals surface area contributed by atoms with Crippen LogP contribution >= 0.6 is 0 Å². The van der Waals surface area contributed by atoms with Gasteiger partial charge in [-0.1, -0.05) is 58.4 Å². The fourth-order valence-electron chi connectivity index (χ4n) is 2.13. The van der Waals surface area contributed by atoms with Gasteiger partial charge < -0.3 is 4.74 Å². The van der Waals surface area contributed by atoms with E-state index < -0.39 is 27.9 Å². The molecule has 0 saturated carbocycles. The molecule has 0 aliphatic heterocycles. The standard InChI is InChI=1S/C15H28O5S/c1-3-5-6-7-8-9-10-11-12-14(13-21(17,18)19)20-15(16)4-2/h4,14H,2-3,5-13H2,1H3,(H,17,18,19). The van der Waals surface area contributed by atoms with Crippen molar-refractivity contribution in [2.24, 2.45) is 0 Å². The highest BCUT2D eigenvalue weighted by atomic mass is 32.2. The predicted octanol–water partition coefficient (Wildman–Crippen LogP) is 3.50. The van der Waals surface area contributed by atoms with Crippen molar-refractivity contribution in [3.05, 3.63) is 12.7 Å². The van der Waals surface area contributed by atoms with Gasteiger partial charge in [0.2, 0.25) is 0 Å². The highest BCUT2D eigenvalue weighted by Crippen LogP contribution is 2.13. The first kappa shape index (κ1) is 20.1. The molecule has 0 rings (SSSR count). The molecule has 0 radical (unpaired) electrons. The zero-order valence-corrected chi connectivity index (χ0v) is 13.7. The van der Waals surface area contributed by atoms with Crippen molar-refractivity contribution in [3.63, 3.8) is 0 Å². The van der Waals surface area contributed by atoms with Crippen LogP contribution in [0.25, 0.3) is 0 Å². The van der Waals surface area contributed by atoms with Gasteiger partial charge in [0, 0.05) is 6.08 Å². The van der Waals surface area contributed by atoms with Crippen molar-refractivity contribution < 1.29 is 22.5 Å². The lowest BCUT2D eigenvalue weighted by atomic mass is 10.1. The van der Waals surface area contributed by atoms with E-state index in [9.17, 15) is 13.2 Å². The third-order valence-corrected chi connectivity index (χ3v) is 4.02.